The molecule has 26 heavy (non-hydrogen) atoms. The van der Waals surface area contributed by atoms with Gasteiger partial charge in [0, 0.05) is 50.4 Å². The Morgan fingerprint density at radius 3 is 2.23 bits per heavy atom. The number of amides is 2. The molecule has 0 aliphatic carbocycles. The van der Waals surface area contributed by atoms with Crippen molar-refractivity contribution in [3.63, 3.8) is 0 Å². The highest BCUT2D eigenvalue weighted by molar-refractivity contribution is 5.94. The van der Waals surface area contributed by atoms with E-state index in [0.29, 0.717) is 26.1 Å². The van der Waals surface area contributed by atoms with E-state index >= 15 is 0 Å². The summed E-state index contributed by atoms with van der Waals surface area (Å²) in [7, 11) is 0. The second-order valence-electron chi connectivity index (χ2n) is 6.66. The number of carbonyl (C=O) groups is 2. The van der Waals surface area contributed by atoms with E-state index in [9.17, 15) is 9.59 Å². The topological polar surface area (TPSA) is 52.7 Å². The van der Waals surface area contributed by atoms with Crippen LogP contribution in [-0.2, 0) is 4.79 Å². The van der Waals surface area contributed by atoms with Crippen molar-refractivity contribution in [1.29, 1.82) is 0 Å². The van der Waals surface area contributed by atoms with E-state index in [2.05, 4.69) is 10.2 Å². The van der Waals surface area contributed by atoms with Crippen LogP contribution < -0.4 is 5.32 Å². The fourth-order valence-electron chi connectivity index (χ4n) is 3.06. The first-order chi connectivity index (χ1) is 12.6. The van der Waals surface area contributed by atoms with Crippen molar-refractivity contribution in [1.82, 2.24) is 9.80 Å². The van der Waals surface area contributed by atoms with Crippen LogP contribution in [0.15, 0.2) is 54.6 Å². The molecule has 3 rings (SSSR count). The molecular weight excluding hydrogens is 326 g/mol. The van der Waals surface area contributed by atoms with Crippen LogP contribution in [0.2, 0.25) is 0 Å². The predicted octanol–water partition coefficient (Wildman–Crippen LogP) is 2.78. The van der Waals surface area contributed by atoms with Crippen molar-refractivity contribution < 1.29 is 9.59 Å². The largest absolute Gasteiger partial charge is 0.336 e. The van der Waals surface area contributed by atoms with Crippen LogP contribution in [0.25, 0.3) is 0 Å². The van der Waals surface area contributed by atoms with E-state index in [1.54, 1.807) is 0 Å². The smallest absolute Gasteiger partial charge is 0.253 e. The third kappa shape index (κ3) is 4.92. The summed E-state index contributed by atoms with van der Waals surface area (Å²) in [4.78, 5) is 28.7. The van der Waals surface area contributed by atoms with Gasteiger partial charge in [0.05, 0.1) is 0 Å². The quantitative estimate of drug-likeness (QED) is 0.901. The lowest BCUT2D eigenvalue weighted by molar-refractivity contribution is -0.116. The molecule has 136 valence electrons. The second kappa shape index (κ2) is 8.63. The monoisotopic (exact) mass is 351 g/mol. The molecule has 0 unspecified atom stereocenters. The van der Waals surface area contributed by atoms with Gasteiger partial charge in [-0.05, 0) is 31.2 Å². The summed E-state index contributed by atoms with van der Waals surface area (Å²) in [6, 6.07) is 17.2. The van der Waals surface area contributed by atoms with Crippen LogP contribution in [0, 0.1) is 6.92 Å². The maximum atomic E-state index is 12.5. The molecule has 0 bridgehead atoms. The van der Waals surface area contributed by atoms with Crippen LogP contribution in [-0.4, -0.2) is 54.3 Å². The Kier molecular flexibility index (Phi) is 6.02. The number of piperazine rings is 1. The van der Waals surface area contributed by atoms with Gasteiger partial charge in [0.25, 0.3) is 5.91 Å². The first kappa shape index (κ1) is 18.1. The van der Waals surface area contributed by atoms with E-state index in [1.807, 2.05) is 66.4 Å². The summed E-state index contributed by atoms with van der Waals surface area (Å²) >= 11 is 0. The van der Waals surface area contributed by atoms with Crippen molar-refractivity contribution >= 4 is 17.5 Å². The molecule has 1 aliphatic heterocycles. The average Bonchev–Trinajstić information content (AvgIpc) is 2.68. The fourth-order valence-corrected chi connectivity index (χ4v) is 3.06. The van der Waals surface area contributed by atoms with Gasteiger partial charge in [0.2, 0.25) is 5.91 Å². The average molecular weight is 351 g/mol. The van der Waals surface area contributed by atoms with Gasteiger partial charge in [-0.3, -0.25) is 14.5 Å². The van der Waals surface area contributed by atoms with E-state index in [-0.39, 0.29) is 11.8 Å². The highest BCUT2D eigenvalue weighted by Crippen LogP contribution is 2.11. The minimum Gasteiger partial charge on any atom is -0.336 e. The second-order valence-corrected chi connectivity index (χ2v) is 6.66. The molecule has 2 aromatic rings. The van der Waals surface area contributed by atoms with Crippen molar-refractivity contribution in [3.8, 4) is 0 Å². The lowest BCUT2D eigenvalue weighted by Crippen LogP contribution is -2.49. The molecule has 0 spiro atoms. The maximum Gasteiger partial charge on any atom is 0.253 e. The molecule has 2 amide bonds. The Labute approximate surface area is 154 Å². The number of para-hydroxylation sites is 1. The van der Waals surface area contributed by atoms with E-state index in [1.165, 1.54) is 0 Å². The van der Waals surface area contributed by atoms with Crippen molar-refractivity contribution in [2.24, 2.45) is 0 Å². The summed E-state index contributed by atoms with van der Waals surface area (Å²) in [6.07, 6.45) is 0.459. The lowest BCUT2D eigenvalue weighted by atomic mass is 10.1. The number of hydrogen-bond acceptors (Lipinski definition) is 3. The first-order valence-electron chi connectivity index (χ1n) is 9.05. The van der Waals surface area contributed by atoms with Gasteiger partial charge in [0.15, 0.2) is 0 Å². The number of hydrogen-bond donors (Lipinski definition) is 1. The molecule has 1 heterocycles. The van der Waals surface area contributed by atoms with Crippen molar-refractivity contribution in [2.75, 3.05) is 38.0 Å². The Balaban J connectivity index is 1.41. The zero-order valence-corrected chi connectivity index (χ0v) is 15.1. The summed E-state index contributed by atoms with van der Waals surface area (Å²) < 4.78 is 0. The normalized spacial score (nSPS) is 14.9. The van der Waals surface area contributed by atoms with Gasteiger partial charge in [-0.15, -0.1) is 0 Å². The molecular formula is C21H25N3O2. The number of nitrogens with one attached hydrogen (secondary N) is 1. The Bertz CT molecular complexity index is 736. The highest BCUT2D eigenvalue weighted by atomic mass is 16.2. The Morgan fingerprint density at radius 2 is 1.58 bits per heavy atom. The van der Waals surface area contributed by atoms with Gasteiger partial charge < -0.3 is 10.2 Å². The molecule has 0 radical (unpaired) electrons. The number of nitrogens with zero attached hydrogens (tertiary/aromatic N) is 2. The van der Waals surface area contributed by atoms with Gasteiger partial charge in [-0.2, -0.15) is 0 Å². The molecule has 1 saturated heterocycles. The lowest BCUT2D eigenvalue weighted by Gasteiger charge is -2.34. The van der Waals surface area contributed by atoms with Gasteiger partial charge in [0.1, 0.15) is 0 Å². The number of anilines is 1. The Morgan fingerprint density at radius 1 is 0.923 bits per heavy atom. The molecule has 0 atom stereocenters. The number of carbonyl (C=O) groups excluding carboxylic acids is 2. The molecule has 1 aliphatic rings. The highest BCUT2D eigenvalue weighted by Gasteiger charge is 2.22. The molecule has 5 heteroatoms. The summed E-state index contributed by atoms with van der Waals surface area (Å²) in [5, 5.41) is 2.90. The predicted molar refractivity (Wildman–Crippen MR) is 103 cm³/mol. The Hall–Kier alpha value is -2.66. The van der Waals surface area contributed by atoms with Crippen LogP contribution in [0.3, 0.4) is 0 Å². The minimum atomic E-state index is 0.0226. The molecule has 2 aromatic carbocycles. The summed E-state index contributed by atoms with van der Waals surface area (Å²) in [5.41, 5.74) is 2.72. The maximum absolute atomic E-state index is 12.5. The van der Waals surface area contributed by atoms with Crippen LogP contribution in [0.5, 0.6) is 0 Å². The fraction of sp³-hybridized carbons (Fsp3) is 0.333. The number of aryl methyl sites for hydroxylation is 1. The third-order valence-corrected chi connectivity index (χ3v) is 4.67. The van der Waals surface area contributed by atoms with Gasteiger partial charge in [-0.1, -0.05) is 35.9 Å². The van der Waals surface area contributed by atoms with E-state index in [0.717, 1.165) is 29.9 Å². The van der Waals surface area contributed by atoms with Crippen molar-refractivity contribution in [2.45, 2.75) is 13.3 Å². The first-order valence-corrected chi connectivity index (χ1v) is 9.05. The molecule has 5 nitrogen and oxygen atoms in total. The third-order valence-electron chi connectivity index (χ3n) is 4.67. The number of rotatable bonds is 5. The minimum absolute atomic E-state index is 0.0226. The van der Waals surface area contributed by atoms with Crippen LogP contribution in [0.1, 0.15) is 22.3 Å². The molecule has 1 N–H and O–H groups in total. The van der Waals surface area contributed by atoms with Crippen LogP contribution in [0.4, 0.5) is 5.69 Å². The summed E-state index contributed by atoms with van der Waals surface area (Å²) in [6.45, 7) is 5.73. The molecule has 0 aromatic heterocycles. The number of benzene rings is 2. The SMILES string of the molecule is Cc1ccc(C(=O)N2CCN(CCC(=O)Nc3ccccc3)CC2)cc1. The van der Waals surface area contributed by atoms with E-state index in [4.69, 9.17) is 0 Å². The molecule has 1 fully saturated rings. The molecule has 0 saturated carbocycles. The van der Waals surface area contributed by atoms with Gasteiger partial charge >= 0.3 is 0 Å². The van der Waals surface area contributed by atoms with Crippen LogP contribution >= 0.6 is 0 Å². The van der Waals surface area contributed by atoms with E-state index < -0.39 is 0 Å². The zero-order chi connectivity index (χ0) is 18.4. The van der Waals surface area contributed by atoms with Crippen molar-refractivity contribution in [3.05, 3.63) is 65.7 Å². The zero-order valence-electron chi connectivity index (χ0n) is 15.1. The van der Waals surface area contributed by atoms with Gasteiger partial charge in [-0.25, -0.2) is 0 Å². The summed E-state index contributed by atoms with van der Waals surface area (Å²) in [5.74, 6) is 0.112. The standard InChI is InChI=1S/C21H25N3O2/c1-17-7-9-18(10-8-17)21(26)24-15-13-23(14-16-24)12-11-20(25)22-19-5-3-2-4-6-19/h2-10H,11-16H2,1H3,(H,22,25).